The molecule has 76 valence electrons. The fourth-order valence-electron chi connectivity index (χ4n) is 1.86. The Kier molecular flexibility index (Phi) is 4.89. The minimum atomic E-state index is 0.899. The van der Waals surface area contributed by atoms with E-state index < -0.39 is 0 Å². The number of rotatable bonds is 5. The third kappa shape index (κ3) is 3.74. The van der Waals surface area contributed by atoms with Crippen molar-refractivity contribution in [2.75, 3.05) is 19.0 Å². The van der Waals surface area contributed by atoms with E-state index in [1.807, 2.05) is 0 Å². The summed E-state index contributed by atoms with van der Waals surface area (Å²) >= 11 is 4.29. The molecule has 0 saturated carbocycles. The van der Waals surface area contributed by atoms with Gasteiger partial charge >= 0.3 is 0 Å². The third-order valence-corrected chi connectivity index (χ3v) is 3.38. The lowest BCUT2D eigenvalue weighted by atomic mass is 9.99. The second kappa shape index (κ2) is 5.71. The number of hydrogen-bond donors (Lipinski definition) is 1. The molecule has 1 saturated heterocycles. The molecule has 0 aromatic heterocycles. The topological polar surface area (TPSA) is 3.24 Å². The SMILES string of the molecule is C=C(CC)CCC1CCN(CS)C1. The Labute approximate surface area is 87.6 Å². The first-order valence-electron chi connectivity index (χ1n) is 5.26. The first-order valence-corrected chi connectivity index (χ1v) is 5.89. The molecule has 13 heavy (non-hydrogen) atoms. The maximum absolute atomic E-state index is 4.29. The standard InChI is InChI=1S/C11H21NS/c1-3-10(2)4-5-11-6-7-12(8-11)9-13/h11,13H,2-9H2,1H3. The number of thiol groups is 1. The molecular formula is C11H21NS. The molecule has 0 radical (unpaired) electrons. The summed E-state index contributed by atoms with van der Waals surface area (Å²) in [5, 5.41) is 0. The predicted octanol–water partition coefficient (Wildman–Crippen LogP) is 2.94. The Morgan fingerprint density at radius 2 is 2.38 bits per heavy atom. The van der Waals surface area contributed by atoms with Crippen LogP contribution < -0.4 is 0 Å². The van der Waals surface area contributed by atoms with Crippen LogP contribution in [0.5, 0.6) is 0 Å². The van der Waals surface area contributed by atoms with Crippen LogP contribution in [0.2, 0.25) is 0 Å². The van der Waals surface area contributed by atoms with E-state index in [-0.39, 0.29) is 0 Å². The fraction of sp³-hybridized carbons (Fsp3) is 0.818. The lowest BCUT2D eigenvalue weighted by Gasteiger charge is -2.12. The molecule has 0 bridgehead atoms. The van der Waals surface area contributed by atoms with Crippen molar-refractivity contribution in [1.82, 2.24) is 4.90 Å². The molecule has 1 aliphatic rings. The zero-order valence-electron chi connectivity index (χ0n) is 8.63. The van der Waals surface area contributed by atoms with Crippen LogP contribution in [0.4, 0.5) is 0 Å². The lowest BCUT2D eigenvalue weighted by Crippen LogP contribution is -2.18. The van der Waals surface area contributed by atoms with Gasteiger partial charge in [-0.2, -0.15) is 12.6 Å². The van der Waals surface area contributed by atoms with Gasteiger partial charge in [0.15, 0.2) is 0 Å². The molecule has 2 heteroatoms. The molecule has 1 atom stereocenters. The van der Waals surface area contributed by atoms with Crippen molar-refractivity contribution in [2.24, 2.45) is 5.92 Å². The predicted molar refractivity (Wildman–Crippen MR) is 62.2 cm³/mol. The molecule has 0 aromatic carbocycles. The summed E-state index contributed by atoms with van der Waals surface area (Å²) in [4.78, 5) is 2.42. The zero-order chi connectivity index (χ0) is 9.68. The first-order chi connectivity index (χ1) is 6.26. The van der Waals surface area contributed by atoms with Gasteiger partial charge in [-0.15, -0.1) is 0 Å². The van der Waals surface area contributed by atoms with Crippen molar-refractivity contribution in [2.45, 2.75) is 32.6 Å². The van der Waals surface area contributed by atoms with Gasteiger partial charge in [-0.25, -0.2) is 0 Å². The maximum atomic E-state index is 4.29. The highest BCUT2D eigenvalue weighted by molar-refractivity contribution is 7.80. The molecule has 0 aliphatic carbocycles. The van der Waals surface area contributed by atoms with Crippen LogP contribution in [0.25, 0.3) is 0 Å². The van der Waals surface area contributed by atoms with Crippen LogP contribution in [0.15, 0.2) is 12.2 Å². The van der Waals surface area contributed by atoms with Crippen molar-refractivity contribution in [3.8, 4) is 0 Å². The van der Waals surface area contributed by atoms with Crippen LogP contribution in [-0.4, -0.2) is 23.9 Å². The summed E-state index contributed by atoms with van der Waals surface area (Å²) in [6, 6.07) is 0. The molecule has 0 spiro atoms. The Morgan fingerprint density at radius 3 is 2.92 bits per heavy atom. The van der Waals surface area contributed by atoms with Crippen molar-refractivity contribution >= 4 is 12.6 Å². The number of allylic oxidation sites excluding steroid dienone is 1. The highest BCUT2D eigenvalue weighted by Gasteiger charge is 2.20. The maximum Gasteiger partial charge on any atom is 0.0414 e. The van der Waals surface area contributed by atoms with Gasteiger partial charge in [0.05, 0.1) is 0 Å². The Hall–Kier alpha value is 0.0500. The average molecular weight is 199 g/mol. The van der Waals surface area contributed by atoms with Crippen LogP contribution >= 0.6 is 12.6 Å². The Bertz CT molecular complexity index is 167. The average Bonchev–Trinajstić information content (AvgIpc) is 2.61. The van der Waals surface area contributed by atoms with Crippen LogP contribution in [0.1, 0.15) is 32.6 Å². The highest BCUT2D eigenvalue weighted by Crippen LogP contribution is 2.23. The van der Waals surface area contributed by atoms with Gasteiger partial charge in [0.25, 0.3) is 0 Å². The van der Waals surface area contributed by atoms with Gasteiger partial charge in [-0.3, -0.25) is 4.90 Å². The summed E-state index contributed by atoms with van der Waals surface area (Å²) < 4.78 is 0. The minimum absolute atomic E-state index is 0.899. The molecule has 0 N–H and O–H groups in total. The van der Waals surface area contributed by atoms with Gasteiger partial charge in [0.2, 0.25) is 0 Å². The molecular weight excluding hydrogens is 178 g/mol. The summed E-state index contributed by atoms with van der Waals surface area (Å²) in [7, 11) is 0. The fourth-order valence-corrected chi connectivity index (χ4v) is 2.12. The van der Waals surface area contributed by atoms with E-state index in [4.69, 9.17) is 0 Å². The monoisotopic (exact) mass is 199 g/mol. The molecule has 0 aromatic rings. The van der Waals surface area contributed by atoms with Gasteiger partial charge < -0.3 is 0 Å². The Balaban J connectivity index is 2.13. The highest BCUT2D eigenvalue weighted by atomic mass is 32.1. The Morgan fingerprint density at radius 1 is 1.62 bits per heavy atom. The van der Waals surface area contributed by atoms with E-state index in [9.17, 15) is 0 Å². The smallest absolute Gasteiger partial charge is 0.0414 e. The van der Waals surface area contributed by atoms with Crippen LogP contribution in [0.3, 0.4) is 0 Å². The quantitative estimate of drug-likeness (QED) is 0.526. The molecule has 0 amide bonds. The number of hydrogen-bond acceptors (Lipinski definition) is 2. The van der Waals surface area contributed by atoms with Crippen LogP contribution in [0, 0.1) is 5.92 Å². The number of likely N-dealkylation sites (tertiary alicyclic amines) is 1. The van der Waals surface area contributed by atoms with E-state index in [1.54, 1.807) is 0 Å². The summed E-state index contributed by atoms with van der Waals surface area (Å²) in [6.07, 6.45) is 5.05. The normalized spacial score (nSPS) is 23.7. The third-order valence-electron chi connectivity index (χ3n) is 2.98. The van der Waals surface area contributed by atoms with Gasteiger partial charge in [0, 0.05) is 12.4 Å². The molecule has 1 heterocycles. The van der Waals surface area contributed by atoms with Crippen molar-refractivity contribution in [3.63, 3.8) is 0 Å². The summed E-state index contributed by atoms with van der Waals surface area (Å²) in [5.41, 5.74) is 1.41. The van der Waals surface area contributed by atoms with Gasteiger partial charge in [-0.1, -0.05) is 19.1 Å². The van der Waals surface area contributed by atoms with Gasteiger partial charge in [-0.05, 0) is 38.1 Å². The summed E-state index contributed by atoms with van der Waals surface area (Å²) in [5.74, 6) is 1.82. The van der Waals surface area contributed by atoms with E-state index in [0.29, 0.717) is 0 Å². The van der Waals surface area contributed by atoms with E-state index in [2.05, 4.69) is 31.0 Å². The van der Waals surface area contributed by atoms with E-state index in [1.165, 1.54) is 37.9 Å². The molecule has 1 aliphatic heterocycles. The minimum Gasteiger partial charge on any atom is -0.294 e. The van der Waals surface area contributed by atoms with Crippen molar-refractivity contribution in [3.05, 3.63) is 12.2 Å². The second-order valence-corrected chi connectivity index (χ2v) is 4.30. The van der Waals surface area contributed by atoms with E-state index >= 15 is 0 Å². The largest absolute Gasteiger partial charge is 0.294 e. The molecule has 1 unspecified atom stereocenters. The van der Waals surface area contributed by atoms with Crippen molar-refractivity contribution in [1.29, 1.82) is 0 Å². The molecule has 1 fully saturated rings. The van der Waals surface area contributed by atoms with E-state index in [0.717, 1.165) is 18.2 Å². The lowest BCUT2D eigenvalue weighted by molar-refractivity contribution is 0.375. The molecule has 1 rings (SSSR count). The van der Waals surface area contributed by atoms with Crippen molar-refractivity contribution < 1.29 is 0 Å². The zero-order valence-corrected chi connectivity index (χ0v) is 9.52. The molecule has 1 nitrogen and oxygen atoms in total. The number of nitrogens with zero attached hydrogens (tertiary/aromatic N) is 1. The van der Waals surface area contributed by atoms with Gasteiger partial charge in [0.1, 0.15) is 0 Å². The van der Waals surface area contributed by atoms with Crippen LogP contribution in [-0.2, 0) is 0 Å². The summed E-state index contributed by atoms with van der Waals surface area (Å²) in [6.45, 7) is 8.73. The first kappa shape index (κ1) is 11.1. The second-order valence-electron chi connectivity index (χ2n) is 4.02.